The van der Waals surface area contributed by atoms with Gasteiger partial charge in [0.1, 0.15) is 0 Å². The van der Waals surface area contributed by atoms with Crippen molar-refractivity contribution in [1.29, 1.82) is 0 Å². The van der Waals surface area contributed by atoms with Gasteiger partial charge in [0, 0.05) is 48.1 Å². The molecule has 1 amide bonds. The molecule has 31 heavy (non-hydrogen) atoms. The van der Waals surface area contributed by atoms with Crippen molar-refractivity contribution in [3.63, 3.8) is 0 Å². The van der Waals surface area contributed by atoms with Gasteiger partial charge < -0.3 is 24.1 Å². The molecule has 162 valence electrons. The first kappa shape index (κ1) is 20.9. The maximum absolute atomic E-state index is 13.2. The van der Waals surface area contributed by atoms with E-state index in [1.54, 1.807) is 55.8 Å². The molecule has 1 atom stereocenters. The second kappa shape index (κ2) is 9.18. The molecule has 1 unspecified atom stereocenters. The summed E-state index contributed by atoms with van der Waals surface area (Å²) in [7, 11) is 3.11. The van der Waals surface area contributed by atoms with E-state index in [2.05, 4.69) is 9.97 Å². The number of ether oxygens (including phenoxy) is 3. The van der Waals surface area contributed by atoms with Crippen LogP contribution in [0.25, 0.3) is 10.9 Å². The Morgan fingerprint density at radius 1 is 1.19 bits per heavy atom. The van der Waals surface area contributed by atoms with Gasteiger partial charge in [-0.2, -0.15) is 0 Å². The van der Waals surface area contributed by atoms with Crippen LogP contribution in [0.4, 0.5) is 0 Å². The fraction of sp³-hybridized carbons (Fsp3) is 0.348. The first-order chi connectivity index (χ1) is 15.1. The van der Waals surface area contributed by atoms with E-state index in [0.717, 1.165) is 18.2 Å². The Morgan fingerprint density at radius 2 is 1.94 bits per heavy atom. The first-order valence-corrected chi connectivity index (χ1v) is 10.2. The lowest BCUT2D eigenvalue weighted by Gasteiger charge is -2.25. The average molecular weight is 423 g/mol. The molecule has 1 aliphatic rings. The molecule has 3 aromatic rings. The molecular formula is C23H25N3O5. The van der Waals surface area contributed by atoms with Crippen LogP contribution in [0.1, 0.15) is 28.8 Å². The summed E-state index contributed by atoms with van der Waals surface area (Å²) in [4.78, 5) is 34.5. The van der Waals surface area contributed by atoms with E-state index in [-0.39, 0.29) is 24.1 Å². The number of methoxy groups -OCH3 is 2. The molecule has 0 saturated carbocycles. The molecule has 1 N–H and O–H groups in total. The standard InChI is InChI=1S/C23H25N3O5/c1-29-20-11-16-10-17(22(27)25-19(16)12-21(20)30-2)13-26(14-18-4-3-9-31-18)23(28)15-5-7-24-8-6-15/h5-8,10-12,18H,3-4,9,13-14H2,1-2H3,(H,25,27). The summed E-state index contributed by atoms with van der Waals surface area (Å²) < 4.78 is 16.4. The van der Waals surface area contributed by atoms with Crippen molar-refractivity contribution in [2.75, 3.05) is 27.4 Å². The molecule has 8 nitrogen and oxygen atoms in total. The number of carbonyl (C=O) groups is 1. The van der Waals surface area contributed by atoms with Gasteiger partial charge in [-0.05, 0) is 37.1 Å². The van der Waals surface area contributed by atoms with Gasteiger partial charge in [-0.3, -0.25) is 14.6 Å². The lowest BCUT2D eigenvalue weighted by atomic mass is 10.1. The molecule has 8 heteroatoms. The molecule has 3 heterocycles. The molecule has 1 saturated heterocycles. The van der Waals surface area contributed by atoms with Crippen molar-refractivity contribution in [3.05, 3.63) is 64.2 Å². The third-order valence-corrected chi connectivity index (χ3v) is 5.45. The second-order valence-electron chi connectivity index (χ2n) is 7.47. The minimum absolute atomic E-state index is 0.0327. The Bertz CT molecular complexity index is 1120. The topological polar surface area (TPSA) is 93.8 Å². The molecule has 1 aliphatic heterocycles. The van der Waals surface area contributed by atoms with Gasteiger partial charge in [-0.25, -0.2) is 0 Å². The van der Waals surface area contributed by atoms with Crippen molar-refractivity contribution in [2.24, 2.45) is 0 Å². The number of amides is 1. The number of aromatic amines is 1. The first-order valence-electron chi connectivity index (χ1n) is 10.2. The Labute approximate surface area is 179 Å². The fourth-order valence-electron chi connectivity index (χ4n) is 3.83. The molecular weight excluding hydrogens is 398 g/mol. The summed E-state index contributed by atoms with van der Waals surface area (Å²) in [6.07, 6.45) is 5.00. The molecule has 0 radical (unpaired) electrons. The van der Waals surface area contributed by atoms with Crippen LogP contribution in [0.5, 0.6) is 11.5 Å². The Morgan fingerprint density at radius 3 is 2.61 bits per heavy atom. The number of carbonyl (C=O) groups excluding carboxylic acids is 1. The van der Waals surface area contributed by atoms with Crippen LogP contribution < -0.4 is 15.0 Å². The summed E-state index contributed by atoms with van der Waals surface area (Å²) in [6.45, 7) is 1.28. The predicted octanol–water partition coefficient (Wildman–Crippen LogP) is 2.76. The van der Waals surface area contributed by atoms with Crippen molar-refractivity contribution in [2.45, 2.75) is 25.5 Å². The third-order valence-electron chi connectivity index (χ3n) is 5.45. The number of nitrogens with one attached hydrogen (secondary N) is 1. The van der Waals surface area contributed by atoms with E-state index in [9.17, 15) is 9.59 Å². The number of hydrogen-bond acceptors (Lipinski definition) is 6. The Kier molecular flexibility index (Phi) is 6.18. The van der Waals surface area contributed by atoms with Gasteiger partial charge in [0.25, 0.3) is 11.5 Å². The van der Waals surface area contributed by atoms with Crippen molar-refractivity contribution in [1.82, 2.24) is 14.9 Å². The van der Waals surface area contributed by atoms with Crippen LogP contribution in [-0.2, 0) is 11.3 Å². The summed E-state index contributed by atoms with van der Waals surface area (Å²) in [5.41, 5.74) is 1.40. The lowest BCUT2D eigenvalue weighted by molar-refractivity contribution is 0.0506. The summed E-state index contributed by atoms with van der Waals surface area (Å²) in [5, 5.41) is 0.792. The monoisotopic (exact) mass is 423 g/mol. The normalized spacial score (nSPS) is 15.7. The Balaban J connectivity index is 1.68. The third kappa shape index (κ3) is 4.54. The number of pyridine rings is 2. The predicted molar refractivity (Wildman–Crippen MR) is 116 cm³/mol. The summed E-state index contributed by atoms with van der Waals surface area (Å²) in [6, 6.07) is 8.67. The summed E-state index contributed by atoms with van der Waals surface area (Å²) in [5.74, 6) is 0.938. The van der Waals surface area contributed by atoms with Gasteiger partial charge in [0.05, 0.1) is 32.4 Å². The van der Waals surface area contributed by atoms with Gasteiger partial charge in [0.2, 0.25) is 0 Å². The number of nitrogens with zero attached hydrogens (tertiary/aromatic N) is 2. The van der Waals surface area contributed by atoms with Gasteiger partial charge >= 0.3 is 0 Å². The van der Waals surface area contributed by atoms with E-state index in [4.69, 9.17) is 14.2 Å². The fourth-order valence-corrected chi connectivity index (χ4v) is 3.83. The highest BCUT2D eigenvalue weighted by Gasteiger charge is 2.24. The molecule has 1 fully saturated rings. The number of H-pyrrole nitrogens is 1. The quantitative estimate of drug-likeness (QED) is 0.628. The van der Waals surface area contributed by atoms with E-state index in [1.807, 2.05) is 6.07 Å². The van der Waals surface area contributed by atoms with Crippen LogP contribution in [0.2, 0.25) is 0 Å². The number of benzene rings is 1. The molecule has 4 rings (SSSR count). The SMILES string of the molecule is COc1cc2cc(CN(CC3CCCO3)C(=O)c3ccncc3)c(=O)[nH]c2cc1OC. The van der Waals surface area contributed by atoms with E-state index in [0.29, 0.717) is 41.3 Å². The number of fused-ring (bicyclic) bond motifs is 1. The van der Waals surface area contributed by atoms with Crippen LogP contribution >= 0.6 is 0 Å². The smallest absolute Gasteiger partial charge is 0.254 e. The lowest BCUT2D eigenvalue weighted by Crippen LogP contribution is -2.38. The minimum atomic E-state index is -0.250. The van der Waals surface area contributed by atoms with Crippen molar-refractivity contribution < 1.29 is 19.0 Å². The zero-order valence-corrected chi connectivity index (χ0v) is 17.6. The Hall–Kier alpha value is -3.39. The van der Waals surface area contributed by atoms with Gasteiger partial charge in [0.15, 0.2) is 11.5 Å². The van der Waals surface area contributed by atoms with Crippen LogP contribution in [0.15, 0.2) is 47.5 Å². The van der Waals surface area contributed by atoms with Crippen LogP contribution in [-0.4, -0.2) is 54.3 Å². The average Bonchev–Trinajstić information content (AvgIpc) is 3.31. The van der Waals surface area contributed by atoms with Crippen molar-refractivity contribution >= 4 is 16.8 Å². The van der Waals surface area contributed by atoms with Crippen molar-refractivity contribution in [3.8, 4) is 11.5 Å². The highest BCUT2D eigenvalue weighted by atomic mass is 16.5. The maximum atomic E-state index is 13.2. The highest BCUT2D eigenvalue weighted by Crippen LogP contribution is 2.31. The molecule has 1 aromatic carbocycles. The van der Waals surface area contributed by atoms with Crippen LogP contribution in [0.3, 0.4) is 0 Å². The molecule has 2 aromatic heterocycles. The minimum Gasteiger partial charge on any atom is -0.493 e. The number of aromatic nitrogens is 2. The largest absolute Gasteiger partial charge is 0.493 e. The maximum Gasteiger partial charge on any atom is 0.254 e. The van der Waals surface area contributed by atoms with Gasteiger partial charge in [-0.15, -0.1) is 0 Å². The zero-order chi connectivity index (χ0) is 21.8. The molecule has 0 aliphatic carbocycles. The number of hydrogen-bond donors (Lipinski definition) is 1. The van der Waals surface area contributed by atoms with Gasteiger partial charge in [-0.1, -0.05) is 0 Å². The zero-order valence-electron chi connectivity index (χ0n) is 17.6. The highest BCUT2D eigenvalue weighted by molar-refractivity contribution is 5.94. The number of rotatable bonds is 7. The van der Waals surface area contributed by atoms with E-state index in [1.165, 1.54) is 0 Å². The molecule has 0 spiro atoms. The second-order valence-corrected chi connectivity index (χ2v) is 7.47. The summed E-state index contributed by atoms with van der Waals surface area (Å²) >= 11 is 0. The van der Waals surface area contributed by atoms with E-state index >= 15 is 0 Å². The van der Waals surface area contributed by atoms with Crippen LogP contribution in [0, 0.1) is 0 Å². The molecule has 0 bridgehead atoms. The van der Waals surface area contributed by atoms with E-state index < -0.39 is 0 Å².